The SMILES string of the molecule is NC(=S)C1CCN(CCSc2ccccc2)CC1. The van der Waals surface area contributed by atoms with E-state index < -0.39 is 0 Å². The van der Waals surface area contributed by atoms with Crippen LogP contribution in [0, 0.1) is 5.92 Å². The third kappa shape index (κ3) is 4.26. The second-order valence-corrected chi connectivity index (χ2v) is 6.32. The Morgan fingerprint density at radius 2 is 1.94 bits per heavy atom. The van der Waals surface area contributed by atoms with Crippen molar-refractivity contribution in [3.8, 4) is 0 Å². The number of thioether (sulfide) groups is 1. The molecule has 1 saturated heterocycles. The molecule has 2 rings (SSSR count). The van der Waals surface area contributed by atoms with E-state index in [2.05, 4.69) is 35.2 Å². The van der Waals surface area contributed by atoms with E-state index in [1.54, 1.807) is 0 Å². The number of rotatable bonds is 5. The van der Waals surface area contributed by atoms with Crippen LogP contribution >= 0.6 is 24.0 Å². The Bertz CT molecular complexity index is 373. The first-order valence-corrected chi connectivity index (χ1v) is 7.84. The summed E-state index contributed by atoms with van der Waals surface area (Å²) in [4.78, 5) is 4.58. The smallest absolute Gasteiger partial charge is 0.0759 e. The monoisotopic (exact) mass is 280 g/mol. The van der Waals surface area contributed by atoms with E-state index in [-0.39, 0.29) is 0 Å². The molecular formula is C14H20N2S2. The van der Waals surface area contributed by atoms with E-state index in [0.717, 1.165) is 38.2 Å². The molecule has 0 spiro atoms. The fraction of sp³-hybridized carbons (Fsp3) is 0.500. The molecule has 1 aromatic rings. The first-order valence-electron chi connectivity index (χ1n) is 6.45. The van der Waals surface area contributed by atoms with Gasteiger partial charge in [-0.1, -0.05) is 30.4 Å². The van der Waals surface area contributed by atoms with Gasteiger partial charge in [-0.05, 0) is 38.1 Å². The van der Waals surface area contributed by atoms with Gasteiger partial charge in [0.25, 0.3) is 0 Å². The van der Waals surface area contributed by atoms with Gasteiger partial charge in [-0.25, -0.2) is 0 Å². The molecular weight excluding hydrogens is 260 g/mol. The van der Waals surface area contributed by atoms with Crippen LogP contribution < -0.4 is 5.73 Å². The Hall–Kier alpha value is -0.580. The van der Waals surface area contributed by atoms with Crippen LogP contribution in [-0.2, 0) is 0 Å². The molecule has 1 aromatic carbocycles. The molecule has 1 aliphatic heterocycles. The third-order valence-corrected chi connectivity index (χ3v) is 4.73. The quantitative estimate of drug-likeness (QED) is 0.663. The number of benzene rings is 1. The highest BCUT2D eigenvalue weighted by atomic mass is 32.2. The number of hydrogen-bond acceptors (Lipinski definition) is 3. The molecule has 0 unspecified atom stereocenters. The molecule has 0 amide bonds. The molecule has 0 atom stereocenters. The van der Waals surface area contributed by atoms with Crippen molar-refractivity contribution >= 4 is 29.0 Å². The number of hydrogen-bond donors (Lipinski definition) is 1. The van der Waals surface area contributed by atoms with Gasteiger partial charge in [0.2, 0.25) is 0 Å². The van der Waals surface area contributed by atoms with Crippen molar-refractivity contribution in [1.29, 1.82) is 0 Å². The largest absolute Gasteiger partial charge is 0.393 e. The van der Waals surface area contributed by atoms with Gasteiger partial charge in [0.1, 0.15) is 0 Å². The summed E-state index contributed by atoms with van der Waals surface area (Å²) in [6.45, 7) is 3.43. The fourth-order valence-corrected chi connectivity index (χ4v) is 3.42. The predicted molar refractivity (Wildman–Crippen MR) is 83.1 cm³/mol. The molecule has 1 heterocycles. The van der Waals surface area contributed by atoms with Gasteiger partial charge in [0, 0.05) is 23.1 Å². The van der Waals surface area contributed by atoms with E-state index in [4.69, 9.17) is 18.0 Å². The fourth-order valence-electron chi connectivity index (χ4n) is 2.25. The van der Waals surface area contributed by atoms with Crippen LogP contribution in [0.15, 0.2) is 35.2 Å². The zero-order valence-electron chi connectivity index (χ0n) is 10.5. The summed E-state index contributed by atoms with van der Waals surface area (Å²) in [6.07, 6.45) is 2.26. The minimum atomic E-state index is 0.470. The van der Waals surface area contributed by atoms with Crippen LogP contribution in [0.3, 0.4) is 0 Å². The lowest BCUT2D eigenvalue weighted by molar-refractivity contribution is 0.221. The van der Waals surface area contributed by atoms with Crippen LogP contribution in [0.4, 0.5) is 0 Å². The summed E-state index contributed by atoms with van der Waals surface area (Å²) >= 11 is 6.99. The highest BCUT2D eigenvalue weighted by Crippen LogP contribution is 2.20. The van der Waals surface area contributed by atoms with Crippen molar-refractivity contribution in [2.45, 2.75) is 17.7 Å². The Morgan fingerprint density at radius 3 is 2.56 bits per heavy atom. The topological polar surface area (TPSA) is 29.3 Å². The molecule has 0 aromatic heterocycles. The average Bonchev–Trinajstić information content (AvgIpc) is 2.40. The number of thiocarbonyl (C=S) groups is 1. The van der Waals surface area contributed by atoms with Gasteiger partial charge in [0.15, 0.2) is 0 Å². The Morgan fingerprint density at radius 1 is 1.28 bits per heavy atom. The summed E-state index contributed by atoms with van der Waals surface area (Å²) in [7, 11) is 0. The summed E-state index contributed by atoms with van der Waals surface area (Å²) in [5.41, 5.74) is 5.70. The van der Waals surface area contributed by atoms with Crippen LogP contribution in [0.2, 0.25) is 0 Å². The molecule has 1 fully saturated rings. The first-order chi connectivity index (χ1) is 8.75. The average molecular weight is 280 g/mol. The summed E-state index contributed by atoms with van der Waals surface area (Å²) in [5.74, 6) is 1.62. The lowest BCUT2D eigenvalue weighted by atomic mass is 9.97. The molecule has 0 radical (unpaired) electrons. The number of nitrogens with zero attached hydrogens (tertiary/aromatic N) is 1. The Kier molecular flexibility index (Phi) is 5.47. The minimum absolute atomic E-state index is 0.470. The van der Waals surface area contributed by atoms with Crippen LogP contribution in [0.25, 0.3) is 0 Å². The molecule has 4 heteroatoms. The van der Waals surface area contributed by atoms with Gasteiger partial charge >= 0.3 is 0 Å². The van der Waals surface area contributed by atoms with Crippen molar-refractivity contribution in [3.05, 3.63) is 30.3 Å². The van der Waals surface area contributed by atoms with Crippen molar-refractivity contribution < 1.29 is 0 Å². The standard InChI is InChI=1S/C14H20N2S2/c15-14(17)12-6-8-16(9-7-12)10-11-18-13-4-2-1-3-5-13/h1-5,12H,6-11H2,(H2,15,17). The predicted octanol–water partition coefficient (Wildman–Crippen LogP) is 2.78. The second kappa shape index (κ2) is 7.12. The summed E-state index contributed by atoms with van der Waals surface area (Å²) in [6, 6.07) is 10.6. The molecule has 0 bridgehead atoms. The van der Waals surface area contributed by atoms with E-state index in [1.165, 1.54) is 4.90 Å². The lowest BCUT2D eigenvalue weighted by Gasteiger charge is -2.31. The van der Waals surface area contributed by atoms with E-state index in [0.29, 0.717) is 10.9 Å². The van der Waals surface area contributed by atoms with Crippen LogP contribution in [0.5, 0.6) is 0 Å². The van der Waals surface area contributed by atoms with Crippen molar-refractivity contribution in [1.82, 2.24) is 4.90 Å². The van der Waals surface area contributed by atoms with Crippen molar-refractivity contribution in [2.75, 3.05) is 25.4 Å². The Labute approximate surface area is 119 Å². The van der Waals surface area contributed by atoms with Gasteiger partial charge < -0.3 is 10.6 Å². The minimum Gasteiger partial charge on any atom is -0.393 e. The maximum absolute atomic E-state index is 5.70. The molecule has 0 saturated carbocycles. The van der Waals surface area contributed by atoms with Gasteiger partial charge in [-0.15, -0.1) is 11.8 Å². The maximum atomic E-state index is 5.70. The van der Waals surface area contributed by atoms with Gasteiger partial charge in [0.05, 0.1) is 4.99 Å². The zero-order valence-corrected chi connectivity index (χ0v) is 12.2. The van der Waals surface area contributed by atoms with Crippen molar-refractivity contribution in [3.63, 3.8) is 0 Å². The Balaban J connectivity index is 1.65. The number of piperidine rings is 1. The van der Waals surface area contributed by atoms with E-state index in [9.17, 15) is 0 Å². The number of nitrogens with two attached hydrogens (primary N) is 1. The third-order valence-electron chi connectivity index (χ3n) is 3.41. The molecule has 0 aliphatic carbocycles. The van der Waals surface area contributed by atoms with Crippen LogP contribution in [-0.4, -0.2) is 35.3 Å². The molecule has 2 nitrogen and oxygen atoms in total. The van der Waals surface area contributed by atoms with E-state index in [1.807, 2.05) is 11.8 Å². The van der Waals surface area contributed by atoms with Gasteiger partial charge in [-0.2, -0.15) is 0 Å². The molecule has 18 heavy (non-hydrogen) atoms. The summed E-state index contributed by atoms with van der Waals surface area (Å²) < 4.78 is 0. The number of likely N-dealkylation sites (tertiary alicyclic amines) is 1. The second-order valence-electron chi connectivity index (χ2n) is 4.68. The molecule has 2 N–H and O–H groups in total. The zero-order chi connectivity index (χ0) is 12.8. The van der Waals surface area contributed by atoms with E-state index >= 15 is 0 Å². The van der Waals surface area contributed by atoms with Gasteiger partial charge in [-0.3, -0.25) is 0 Å². The maximum Gasteiger partial charge on any atom is 0.0759 e. The highest BCUT2D eigenvalue weighted by Gasteiger charge is 2.20. The highest BCUT2D eigenvalue weighted by molar-refractivity contribution is 7.99. The normalized spacial score (nSPS) is 17.8. The van der Waals surface area contributed by atoms with Crippen molar-refractivity contribution in [2.24, 2.45) is 11.7 Å². The molecule has 98 valence electrons. The summed E-state index contributed by atoms with van der Waals surface area (Å²) in [5, 5.41) is 0. The van der Waals surface area contributed by atoms with Crippen LogP contribution in [0.1, 0.15) is 12.8 Å². The lowest BCUT2D eigenvalue weighted by Crippen LogP contribution is -2.38. The molecule has 1 aliphatic rings. The first kappa shape index (κ1) is 13.8.